The third-order valence-electron chi connectivity index (χ3n) is 4.44. The SMILES string of the molecule is CCN(CC)S(=O)(=O)c1ccc(C(=O)OCC(=O)N[C@H](C)c2ccccc2)cc1. The number of nitrogens with one attached hydrogen (secondary N) is 1. The van der Waals surface area contributed by atoms with Gasteiger partial charge in [0.15, 0.2) is 6.61 Å². The molecule has 1 amide bonds. The number of ether oxygens (including phenoxy) is 1. The van der Waals surface area contributed by atoms with Gasteiger partial charge < -0.3 is 10.1 Å². The molecule has 8 heteroatoms. The van der Waals surface area contributed by atoms with Crippen LogP contribution in [0.1, 0.15) is 42.7 Å². The maximum Gasteiger partial charge on any atom is 0.338 e. The smallest absolute Gasteiger partial charge is 0.338 e. The molecule has 0 bridgehead atoms. The van der Waals surface area contributed by atoms with E-state index in [9.17, 15) is 18.0 Å². The van der Waals surface area contributed by atoms with Crippen LogP contribution < -0.4 is 5.32 Å². The van der Waals surface area contributed by atoms with E-state index in [2.05, 4.69) is 5.32 Å². The summed E-state index contributed by atoms with van der Waals surface area (Å²) >= 11 is 0. The summed E-state index contributed by atoms with van der Waals surface area (Å²) in [5.74, 6) is -1.12. The van der Waals surface area contributed by atoms with Crippen molar-refractivity contribution in [1.29, 1.82) is 0 Å². The van der Waals surface area contributed by atoms with Gasteiger partial charge in [0.2, 0.25) is 10.0 Å². The molecule has 0 radical (unpaired) electrons. The number of carbonyl (C=O) groups is 2. The topological polar surface area (TPSA) is 92.8 Å². The van der Waals surface area contributed by atoms with Crippen molar-refractivity contribution in [2.75, 3.05) is 19.7 Å². The van der Waals surface area contributed by atoms with Gasteiger partial charge in [-0.05, 0) is 36.8 Å². The summed E-state index contributed by atoms with van der Waals surface area (Å²) in [4.78, 5) is 24.3. The van der Waals surface area contributed by atoms with Crippen molar-refractivity contribution in [3.05, 3.63) is 65.7 Å². The minimum Gasteiger partial charge on any atom is -0.452 e. The van der Waals surface area contributed by atoms with Crippen molar-refractivity contribution in [1.82, 2.24) is 9.62 Å². The summed E-state index contributed by atoms with van der Waals surface area (Å²) < 4.78 is 31.3. The summed E-state index contributed by atoms with van der Waals surface area (Å²) in [6.07, 6.45) is 0. The van der Waals surface area contributed by atoms with E-state index >= 15 is 0 Å². The fourth-order valence-corrected chi connectivity index (χ4v) is 4.26. The van der Waals surface area contributed by atoms with Crippen LogP contribution in [-0.2, 0) is 19.6 Å². The second-order valence-electron chi connectivity index (χ2n) is 6.39. The second-order valence-corrected chi connectivity index (χ2v) is 8.33. The van der Waals surface area contributed by atoms with Crippen LogP contribution in [-0.4, -0.2) is 44.3 Å². The number of nitrogens with zero attached hydrogens (tertiary/aromatic N) is 1. The third-order valence-corrected chi connectivity index (χ3v) is 6.51. The highest BCUT2D eigenvalue weighted by Gasteiger charge is 2.22. The molecule has 2 rings (SSSR count). The molecule has 0 aliphatic heterocycles. The van der Waals surface area contributed by atoms with Crippen molar-refractivity contribution < 1.29 is 22.7 Å². The van der Waals surface area contributed by atoms with Gasteiger partial charge in [0.1, 0.15) is 0 Å². The van der Waals surface area contributed by atoms with Crippen LogP contribution in [0.15, 0.2) is 59.5 Å². The summed E-state index contributed by atoms with van der Waals surface area (Å²) in [7, 11) is -3.59. The fraction of sp³-hybridized carbons (Fsp3) is 0.333. The van der Waals surface area contributed by atoms with Crippen molar-refractivity contribution >= 4 is 21.9 Å². The molecule has 0 heterocycles. The van der Waals surface area contributed by atoms with Gasteiger partial charge in [-0.1, -0.05) is 44.2 Å². The molecule has 1 atom stereocenters. The molecular weight excluding hydrogens is 392 g/mol. The molecule has 0 fully saturated rings. The molecular formula is C21H26N2O5S. The average molecular weight is 419 g/mol. The molecule has 0 aliphatic rings. The Kier molecular flexibility index (Phi) is 7.92. The van der Waals surface area contributed by atoms with E-state index in [1.54, 1.807) is 13.8 Å². The van der Waals surface area contributed by atoms with E-state index in [1.165, 1.54) is 28.6 Å². The first-order chi connectivity index (χ1) is 13.8. The van der Waals surface area contributed by atoms with Crippen molar-refractivity contribution in [2.24, 2.45) is 0 Å². The van der Waals surface area contributed by atoms with Gasteiger partial charge in [-0.2, -0.15) is 4.31 Å². The molecule has 0 aromatic heterocycles. The lowest BCUT2D eigenvalue weighted by molar-refractivity contribution is -0.124. The van der Waals surface area contributed by atoms with Crippen LogP contribution in [0.2, 0.25) is 0 Å². The lowest BCUT2D eigenvalue weighted by Gasteiger charge is -2.18. The van der Waals surface area contributed by atoms with E-state index in [1.807, 2.05) is 37.3 Å². The van der Waals surface area contributed by atoms with Crippen LogP contribution in [0.5, 0.6) is 0 Å². The van der Waals surface area contributed by atoms with E-state index in [-0.39, 0.29) is 16.5 Å². The van der Waals surface area contributed by atoms with E-state index in [0.29, 0.717) is 13.1 Å². The first-order valence-corrected chi connectivity index (χ1v) is 10.8. The monoisotopic (exact) mass is 418 g/mol. The number of rotatable bonds is 9. The first kappa shape index (κ1) is 22.6. The first-order valence-electron chi connectivity index (χ1n) is 9.41. The minimum absolute atomic E-state index is 0.104. The molecule has 2 aromatic carbocycles. The quantitative estimate of drug-likeness (QED) is 0.632. The molecule has 0 unspecified atom stereocenters. The molecule has 0 spiro atoms. The van der Waals surface area contributed by atoms with E-state index < -0.39 is 28.5 Å². The van der Waals surface area contributed by atoms with Gasteiger partial charge in [-0.15, -0.1) is 0 Å². The normalized spacial score (nSPS) is 12.4. The zero-order valence-corrected chi connectivity index (χ0v) is 17.6. The van der Waals surface area contributed by atoms with Crippen LogP contribution in [0.4, 0.5) is 0 Å². The van der Waals surface area contributed by atoms with Crippen LogP contribution >= 0.6 is 0 Å². The fourth-order valence-electron chi connectivity index (χ4n) is 2.80. The summed E-state index contributed by atoms with van der Waals surface area (Å²) in [6, 6.07) is 14.7. The zero-order chi connectivity index (χ0) is 21.4. The van der Waals surface area contributed by atoms with Crippen LogP contribution in [0, 0.1) is 0 Å². The van der Waals surface area contributed by atoms with Gasteiger partial charge >= 0.3 is 5.97 Å². The number of hydrogen-bond donors (Lipinski definition) is 1. The Morgan fingerprint density at radius 2 is 1.59 bits per heavy atom. The van der Waals surface area contributed by atoms with E-state index in [0.717, 1.165) is 5.56 Å². The predicted octanol–water partition coefficient (Wildman–Crippen LogP) is 2.75. The highest BCUT2D eigenvalue weighted by atomic mass is 32.2. The summed E-state index contributed by atoms with van der Waals surface area (Å²) in [6.45, 7) is 5.66. The Hall–Kier alpha value is -2.71. The number of benzene rings is 2. The van der Waals surface area contributed by atoms with Gasteiger partial charge in [0.05, 0.1) is 16.5 Å². The number of carbonyl (C=O) groups excluding carboxylic acids is 2. The highest BCUT2D eigenvalue weighted by Crippen LogP contribution is 2.17. The Morgan fingerprint density at radius 3 is 2.14 bits per heavy atom. The Balaban J connectivity index is 1.93. The lowest BCUT2D eigenvalue weighted by Crippen LogP contribution is -2.31. The molecule has 29 heavy (non-hydrogen) atoms. The van der Waals surface area contributed by atoms with Crippen molar-refractivity contribution in [3.63, 3.8) is 0 Å². The molecule has 2 aromatic rings. The lowest BCUT2D eigenvalue weighted by atomic mass is 10.1. The Bertz CT molecular complexity index is 923. The molecule has 1 N–H and O–H groups in total. The maximum atomic E-state index is 12.5. The van der Waals surface area contributed by atoms with Gasteiger partial charge in [-0.3, -0.25) is 4.79 Å². The van der Waals surface area contributed by atoms with Gasteiger partial charge in [0.25, 0.3) is 5.91 Å². The largest absolute Gasteiger partial charge is 0.452 e. The molecule has 7 nitrogen and oxygen atoms in total. The predicted molar refractivity (Wildman–Crippen MR) is 110 cm³/mol. The molecule has 156 valence electrons. The van der Waals surface area contributed by atoms with Gasteiger partial charge in [-0.25, -0.2) is 13.2 Å². The second kappa shape index (κ2) is 10.2. The maximum absolute atomic E-state index is 12.5. The van der Waals surface area contributed by atoms with Crippen molar-refractivity contribution in [2.45, 2.75) is 31.7 Å². The minimum atomic E-state index is -3.59. The molecule has 0 saturated carbocycles. The number of esters is 1. The third kappa shape index (κ3) is 5.88. The number of hydrogen-bond acceptors (Lipinski definition) is 5. The number of amides is 1. The summed E-state index contributed by atoms with van der Waals surface area (Å²) in [5, 5.41) is 2.76. The number of sulfonamides is 1. The molecule has 0 saturated heterocycles. The van der Waals surface area contributed by atoms with Crippen molar-refractivity contribution in [3.8, 4) is 0 Å². The van der Waals surface area contributed by atoms with E-state index in [4.69, 9.17) is 4.74 Å². The zero-order valence-electron chi connectivity index (χ0n) is 16.8. The highest BCUT2D eigenvalue weighted by molar-refractivity contribution is 7.89. The van der Waals surface area contributed by atoms with Crippen LogP contribution in [0.3, 0.4) is 0 Å². The van der Waals surface area contributed by atoms with Gasteiger partial charge in [0, 0.05) is 13.1 Å². The Labute approximate surface area is 171 Å². The standard InChI is InChI=1S/C21H26N2O5S/c1-4-23(5-2)29(26,27)19-13-11-18(12-14-19)21(25)28-15-20(24)22-16(3)17-9-7-6-8-10-17/h6-14,16H,4-5,15H2,1-3H3,(H,22,24)/t16-/m1/s1. The Morgan fingerprint density at radius 1 is 1.00 bits per heavy atom. The summed E-state index contributed by atoms with van der Waals surface area (Å²) in [5.41, 5.74) is 1.12. The van der Waals surface area contributed by atoms with Crippen LogP contribution in [0.25, 0.3) is 0 Å². The molecule has 0 aliphatic carbocycles. The average Bonchev–Trinajstić information content (AvgIpc) is 2.73.